The summed E-state index contributed by atoms with van der Waals surface area (Å²) in [6.45, 7) is 13.0. The first-order chi connectivity index (χ1) is 8.59. The van der Waals surface area contributed by atoms with E-state index in [1.807, 2.05) is 10.9 Å². The molecule has 1 heterocycles. The van der Waals surface area contributed by atoms with Crippen LogP contribution in [0, 0.1) is 11.8 Å². The van der Waals surface area contributed by atoms with Crippen molar-refractivity contribution >= 4 is 0 Å². The Bertz CT molecular complexity index is 321. The standard InChI is InChI=1S/C14H27N3O/c1-12(2)9-15-10-14-5-6-16-17(14)7-8-18-11-13(3)4/h5-6,12-13,15H,7-11H2,1-4H3. The minimum atomic E-state index is 0.592. The number of nitrogens with one attached hydrogen (secondary N) is 1. The van der Waals surface area contributed by atoms with Gasteiger partial charge in [-0.3, -0.25) is 4.68 Å². The van der Waals surface area contributed by atoms with Gasteiger partial charge in [0.15, 0.2) is 0 Å². The fraction of sp³-hybridized carbons (Fsp3) is 0.786. The van der Waals surface area contributed by atoms with Gasteiger partial charge in [-0.15, -0.1) is 0 Å². The van der Waals surface area contributed by atoms with Crippen LogP contribution >= 0.6 is 0 Å². The van der Waals surface area contributed by atoms with Gasteiger partial charge in [0.25, 0.3) is 0 Å². The normalized spacial score (nSPS) is 11.7. The van der Waals surface area contributed by atoms with Gasteiger partial charge in [0.05, 0.1) is 18.8 Å². The first kappa shape index (κ1) is 15.2. The lowest BCUT2D eigenvalue weighted by atomic mass is 10.2. The van der Waals surface area contributed by atoms with Crippen LogP contribution in [0.15, 0.2) is 12.3 Å². The Morgan fingerprint density at radius 2 is 2.06 bits per heavy atom. The zero-order valence-electron chi connectivity index (χ0n) is 12.1. The number of ether oxygens (including phenoxy) is 1. The fourth-order valence-electron chi connectivity index (χ4n) is 1.67. The van der Waals surface area contributed by atoms with Crippen molar-refractivity contribution in [1.29, 1.82) is 0 Å². The topological polar surface area (TPSA) is 39.1 Å². The second-order valence-corrected chi connectivity index (χ2v) is 5.54. The summed E-state index contributed by atoms with van der Waals surface area (Å²) in [4.78, 5) is 0. The number of aromatic nitrogens is 2. The van der Waals surface area contributed by atoms with Crippen LogP contribution in [-0.4, -0.2) is 29.5 Å². The van der Waals surface area contributed by atoms with Crippen molar-refractivity contribution in [3.63, 3.8) is 0 Å². The highest BCUT2D eigenvalue weighted by Gasteiger charge is 2.03. The van der Waals surface area contributed by atoms with E-state index in [4.69, 9.17) is 4.74 Å². The molecule has 18 heavy (non-hydrogen) atoms. The van der Waals surface area contributed by atoms with E-state index in [-0.39, 0.29) is 0 Å². The molecular weight excluding hydrogens is 226 g/mol. The molecule has 0 radical (unpaired) electrons. The van der Waals surface area contributed by atoms with E-state index in [9.17, 15) is 0 Å². The summed E-state index contributed by atoms with van der Waals surface area (Å²) < 4.78 is 7.61. The Kier molecular flexibility index (Phi) is 6.98. The van der Waals surface area contributed by atoms with Crippen LogP contribution in [0.2, 0.25) is 0 Å². The van der Waals surface area contributed by atoms with Gasteiger partial charge < -0.3 is 10.1 Å². The minimum Gasteiger partial charge on any atom is -0.379 e. The smallest absolute Gasteiger partial charge is 0.0662 e. The lowest BCUT2D eigenvalue weighted by Gasteiger charge is -2.11. The van der Waals surface area contributed by atoms with E-state index < -0.39 is 0 Å². The fourth-order valence-corrected chi connectivity index (χ4v) is 1.67. The van der Waals surface area contributed by atoms with E-state index in [1.165, 1.54) is 5.69 Å². The van der Waals surface area contributed by atoms with Gasteiger partial charge in [0.2, 0.25) is 0 Å². The predicted molar refractivity (Wildman–Crippen MR) is 74.4 cm³/mol. The quantitative estimate of drug-likeness (QED) is 0.686. The Morgan fingerprint density at radius 1 is 1.28 bits per heavy atom. The molecule has 1 N–H and O–H groups in total. The largest absolute Gasteiger partial charge is 0.379 e. The zero-order valence-corrected chi connectivity index (χ0v) is 12.1. The van der Waals surface area contributed by atoms with Gasteiger partial charge in [0.1, 0.15) is 0 Å². The Balaban J connectivity index is 2.26. The van der Waals surface area contributed by atoms with Crippen LogP contribution in [0.1, 0.15) is 33.4 Å². The van der Waals surface area contributed by atoms with Crippen molar-refractivity contribution in [1.82, 2.24) is 15.1 Å². The van der Waals surface area contributed by atoms with Crippen LogP contribution in [0.25, 0.3) is 0 Å². The molecule has 0 unspecified atom stereocenters. The van der Waals surface area contributed by atoms with Crippen molar-refractivity contribution in [3.05, 3.63) is 18.0 Å². The van der Waals surface area contributed by atoms with Crippen LogP contribution in [0.4, 0.5) is 0 Å². The number of hydrogen-bond acceptors (Lipinski definition) is 3. The molecule has 0 saturated carbocycles. The number of rotatable bonds is 9. The zero-order chi connectivity index (χ0) is 13.4. The summed E-state index contributed by atoms with van der Waals surface area (Å²) in [5.74, 6) is 1.27. The van der Waals surface area contributed by atoms with Gasteiger partial charge in [-0.2, -0.15) is 5.10 Å². The van der Waals surface area contributed by atoms with E-state index >= 15 is 0 Å². The van der Waals surface area contributed by atoms with E-state index in [0.29, 0.717) is 11.8 Å². The summed E-state index contributed by atoms with van der Waals surface area (Å²) in [5.41, 5.74) is 1.23. The molecule has 0 aliphatic carbocycles. The number of nitrogens with zero attached hydrogens (tertiary/aromatic N) is 2. The number of hydrogen-bond donors (Lipinski definition) is 1. The monoisotopic (exact) mass is 253 g/mol. The van der Waals surface area contributed by atoms with Gasteiger partial charge in [0, 0.05) is 19.3 Å². The van der Waals surface area contributed by atoms with Gasteiger partial charge in [-0.05, 0) is 24.4 Å². The molecule has 1 rings (SSSR count). The van der Waals surface area contributed by atoms with Crippen molar-refractivity contribution in [2.45, 2.75) is 40.8 Å². The maximum atomic E-state index is 5.58. The predicted octanol–water partition coefficient (Wildman–Crippen LogP) is 2.30. The molecule has 0 aliphatic rings. The molecule has 104 valence electrons. The molecule has 0 aliphatic heterocycles. The Labute approximate surface area is 111 Å². The molecule has 0 amide bonds. The average molecular weight is 253 g/mol. The molecule has 4 nitrogen and oxygen atoms in total. The van der Waals surface area contributed by atoms with E-state index in [2.05, 4.69) is 44.2 Å². The van der Waals surface area contributed by atoms with E-state index in [0.717, 1.165) is 32.8 Å². The third kappa shape index (κ3) is 6.17. The summed E-state index contributed by atoms with van der Waals surface area (Å²) in [6.07, 6.45) is 1.86. The van der Waals surface area contributed by atoms with Crippen molar-refractivity contribution < 1.29 is 4.74 Å². The minimum absolute atomic E-state index is 0.592. The van der Waals surface area contributed by atoms with Crippen molar-refractivity contribution in [2.75, 3.05) is 19.8 Å². The van der Waals surface area contributed by atoms with Gasteiger partial charge in [-0.1, -0.05) is 27.7 Å². The summed E-state index contributed by atoms with van der Waals surface area (Å²) in [6, 6.07) is 2.07. The SMILES string of the molecule is CC(C)CNCc1ccnn1CCOCC(C)C. The van der Waals surface area contributed by atoms with Gasteiger partial charge in [-0.25, -0.2) is 0 Å². The molecule has 0 aromatic carbocycles. The molecular formula is C14H27N3O. The van der Waals surface area contributed by atoms with Crippen LogP contribution in [0.5, 0.6) is 0 Å². The molecule has 0 spiro atoms. The first-order valence-electron chi connectivity index (χ1n) is 6.88. The lowest BCUT2D eigenvalue weighted by molar-refractivity contribution is 0.100. The maximum absolute atomic E-state index is 5.58. The molecule has 1 aromatic heterocycles. The second-order valence-electron chi connectivity index (χ2n) is 5.54. The average Bonchev–Trinajstić information content (AvgIpc) is 2.71. The Morgan fingerprint density at radius 3 is 2.72 bits per heavy atom. The highest BCUT2D eigenvalue weighted by atomic mass is 16.5. The maximum Gasteiger partial charge on any atom is 0.0662 e. The molecule has 0 bridgehead atoms. The van der Waals surface area contributed by atoms with Crippen molar-refractivity contribution in [3.8, 4) is 0 Å². The summed E-state index contributed by atoms with van der Waals surface area (Å²) in [5, 5.41) is 7.76. The molecule has 1 aromatic rings. The molecule has 0 saturated heterocycles. The van der Waals surface area contributed by atoms with Gasteiger partial charge >= 0.3 is 0 Å². The molecule has 0 fully saturated rings. The highest BCUT2D eigenvalue weighted by Crippen LogP contribution is 2.00. The van der Waals surface area contributed by atoms with E-state index in [1.54, 1.807) is 0 Å². The first-order valence-corrected chi connectivity index (χ1v) is 6.88. The van der Waals surface area contributed by atoms with Crippen molar-refractivity contribution in [2.24, 2.45) is 11.8 Å². The Hall–Kier alpha value is -0.870. The lowest BCUT2D eigenvalue weighted by Crippen LogP contribution is -2.22. The molecule has 4 heteroatoms. The third-order valence-electron chi connectivity index (χ3n) is 2.56. The highest BCUT2D eigenvalue weighted by molar-refractivity contribution is 4.99. The summed E-state index contributed by atoms with van der Waals surface area (Å²) >= 11 is 0. The van der Waals surface area contributed by atoms with Crippen LogP contribution < -0.4 is 5.32 Å². The summed E-state index contributed by atoms with van der Waals surface area (Å²) in [7, 11) is 0. The second kappa shape index (κ2) is 8.27. The van der Waals surface area contributed by atoms with Crippen LogP contribution in [-0.2, 0) is 17.8 Å². The van der Waals surface area contributed by atoms with Crippen LogP contribution in [0.3, 0.4) is 0 Å². The molecule has 0 atom stereocenters. The third-order valence-corrected chi connectivity index (χ3v) is 2.56.